The number of nitrogens with zero attached hydrogens (tertiary/aromatic N) is 2. The molecule has 5 nitrogen and oxygen atoms in total. The Labute approximate surface area is 99.6 Å². The zero-order valence-corrected chi connectivity index (χ0v) is 10.2. The molecule has 0 aromatic carbocycles. The number of anilines is 2. The van der Waals surface area contributed by atoms with Gasteiger partial charge in [0.25, 0.3) is 0 Å². The van der Waals surface area contributed by atoms with Crippen molar-refractivity contribution in [1.82, 2.24) is 9.97 Å². The van der Waals surface area contributed by atoms with Crippen molar-refractivity contribution >= 4 is 23.4 Å². The van der Waals surface area contributed by atoms with E-state index < -0.39 is 0 Å². The van der Waals surface area contributed by atoms with Crippen molar-refractivity contribution < 1.29 is 0 Å². The maximum absolute atomic E-state index is 5.37. The smallest absolute Gasteiger partial charge is 0.148 e. The lowest BCUT2D eigenvalue weighted by atomic mass is 10.2. The van der Waals surface area contributed by atoms with Crippen molar-refractivity contribution in [2.45, 2.75) is 25.0 Å². The molecule has 0 radical (unpaired) electrons. The fourth-order valence-corrected chi connectivity index (χ4v) is 2.99. The molecule has 4 N–H and O–H groups in total. The molecule has 1 aromatic heterocycles. The predicted octanol–water partition coefficient (Wildman–Crippen LogP) is 1.38. The number of nitrogens with one attached hydrogen (secondary N) is 2. The molecule has 1 saturated heterocycles. The second-order valence-corrected chi connectivity index (χ2v) is 5.26. The molecule has 2 heterocycles. The molecule has 0 amide bonds. The van der Waals surface area contributed by atoms with Gasteiger partial charge in [0, 0.05) is 17.4 Å². The molecule has 6 heteroatoms. The Kier molecular flexibility index (Phi) is 3.84. The number of nitrogens with two attached hydrogens (primary N) is 1. The number of aromatic nitrogens is 2. The first-order valence-corrected chi connectivity index (χ1v) is 6.50. The van der Waals surface area contributed by atoms with Gasteiger partial charge in [-0.2, -0.15) is 11.8 Å². The van der Waals surface area contributed by atoms with Crippen molar-refractivity contribution in [3.05, 3.63) is 11.9 Å². The summed E-state index contributed by atoms with van der Waals surface area (Å²) in [5, 5.41) is 4.07. The summed E-state index contributed by atoms with van der Waals surface area (Å²) in [4.78, 5) is 8.27. The Balaban J connectivity index is 1.97. The first kappa shape index (κ1) is 11.5. The van der Waals surface area contributed by atoms with Crippen molar-refractivity contribution in [2.24, 2.45) is 5.84 Å². The van der Waals surface area contributed by atoms with Gasteiger partial charge in [0.2, 0.25) is 0 Å². The van der Waals surface area contributed by atoms with Crippen molar-refractivity contribution in [3.63, 3.8) is 0 Å². The van der Waals surface area contributed by atoms with Crippen LogP contribution >= 0.6 is 11.8 Å². The van der Waals surface area contributed by atoms with Crippen LogP contribution in [0.5, 0.6) is 0 Å². The Morgan fingerprint density at radius 1 is 1.50 bits per heavy atom. The van der Waals surface area contributed by atoms with E-state index in [0.29, 0.717) is 11.1 Å². The SMILES string of the molecule is Cc1c(NN)ncnc1NCC1CCCS1. The highest BCUT2D eigenvalue weighted by Gasteiger charge is 2.16. The van der Waals surface area contributed by atoms with Crippen LogP contribution in [0, 0.1) is 6.92 Å². The summed E-state index contributed by atoms with van der Waals surface area (Å²) in [6.45, 7) is 2.92. The lowest BCUT2D eigenvalue weighted by molar-refractivity contribution is 0.802. The zero-order valence-electron chi connectivity index (χ0n) is 9.36. The van der Waals surface area contributed by atoms with E-state index in [9.17, 15) is 0 Å². The lowest BCUT2D eigenvalue weighted by Crippen LogP contribution is -2.17. The predicted molar refractivity (Wildman–Crippen MR) is 68.5 cm³/mol. The topological polar surface area (TPSA) is 75.9 Å². The third kappa shape index (κ3) is 2.56. The average molecular weight is 239 g/mol. The molecule has 16 heavy (non-hydrogen) atoms. The van der Waals surface area contributed by atoms with Crippen LogP contribution in [0.3, 0.4) is 0 Å². The second-order valence-electron chi connectivity index (χ2n) is 3.86. The Morgan fingerprint density at radius 3 is 3.00 bits per heavy atom. The summed E-state index contributed by atoms with van der Waals surface area (Å²) in [6, 6.07) is 0. The maximum atomic E-state index is 5.37. The first-order chi connectivity index (χ1) is 7.81. The van der Waals surface area contributed by atoms with Crippen LogP contribution in [0.25, 0.3) is 0 Å². The highest BCUT2D eigenvalue weighted by molar-refractivity contribution is 8.00. The number of nitrogen functional groups attached to an aromatic ring is 1. The van der Waals surface area contributed by atoms with Crippen molar-refractivity contribution in [3.8, 4) is 0 Å². The fraction of sp³-hybridized carbons (Fsp3) is 0.600. The van der Waals surface area contributed by atoms with Gasteiger partial charge in [-0.25, -0.2) is 15.8 Å². The Hall–Kier alpha value is -1.01. The second kappa shape index (κ2) is 5.36. The fourth-order valence-electron chi connectivity index (χ4n) is 1.79. The van der Waals surface area contributed by atoms with E-state index in [1.165, 1.54) is 24.9 Å². The molecular formula is C10H17N5S. The number of thioether (sulfide) groups is 1. The number of hydrogen-bond donors (Lipinski definition) is 3. The summed E-state index contributed by atoms with van der Waals surface area (Å²) in [7, 11) is 0. The van der Waals surface area contributed by atoms with Gasteiger partial charge in [-0.15, -0.1) is 0 Å². The third-order valence-corrected chi connectivity index (χ3v) is 4.14. The van der Waals surface area contributed by atoms with Crippen LogP contribution in [0.15, 0.2) is 6.33 Å². The molecule has 1 aliphatic rings. The molecule has 0 aliphatic carbocycles. The van der Waals surface area contributed by atoms with Crippen molar-refractivity contribution in [2.75, 3.05) is 23.0 Å². The molecule has 0 bridgehead atoms. The molecule has 88 valence electrons. The number of hydrazine groups is 1. The van der Waals surface area contributed by atoms with Crippen molar-refractivity contribution in [1.29, 1.82) is 0 Å². The molecule has 0 spiro atoms. The molecule has 1 aliphatic heterocycles. The molecule has 1 fully saturated rings. The summed E-state index contributed by atoms with van der Waals surface area (Å²) < 4.78 is 0. The Morgan fingerprint density at radius 2 is 2.31 bits per heavy atom. The van der Waals surface area contributed by atoms with Crippen LogP contribution in [-0.4, -0.2) is 27.5 Å². The maximum Gasteiger partial charge on any atom is 0.148 e. The monoisotopic (exact) mass is 239 g/mol. The minimum atomic E-state index is 0.677. The van der Waals surface area contributed by atoms with Gasteiger partial charge in [-0.1, -0.05) is 0 Å². The minimum Gasteiger partial charge on any atom is -0.369 e. The van der Waals surface area contributed by atoms with Crippen LogP contribution in [0.4, 0.5) is 11.6 Å². The van der Waals surface area contributed by atoms with Gasteiger partial charge < -0.3 is 10.7 Å². The molecule has 0 saturated carbocycles. The van der Waals surface area contributed by atoms with E-state index in [0.717, 1.165) is 17.9 Å². The first-order valence-electron chi connectivity index (χ1n) is 5.45. The van der Waals surface area contributed by atoms with Crippen LogP contribution < -0.4 is 16.6 Å². The standard InChI is InChI=1S/C10H17N5S/c1-7-9(13-6-14-10(7)15-11)12-5-8-3-2-4-16-8/h6,8H,2-5,11H2,1H3,(H2,12,13,14,15). The average Bonchev–Trinajstić information content (AvgIpc) is 2.81. The zero-order chi connectivity index (χ0) is 11.4. The van der Waals surface area contributed by atoms with E-state index in [1.54, 1.807) is 0 Å². The summed E-state index contributed by atoms with van der Waals surface area (Å²) in [5.74, 6) is 8.20. The lowest BCUT2D eigenvalue weighted by Gasteiger charge is -2.13. The minimum absolute atomic E-state index is 0.677. The third-order valence-electron chi connectivity index (χ3n) is 2.74. The van der Waals surface area contributed by atoms with Gasteiger partial charge in [0.1, 0.15) is 18.0 Å². The molecule has 1 aromatic rings. The van der Waals surface area contributed by atoms with E-state index in [1.807, 2.05) is 18.7 Å². The van der Waals surface area contributed by atoms with Crippen LogP contribution in [-0.2, 0) is 0 Å². The summed E-state index contributed by atoms with van der Waals surface area (Å²) in [5.41, 5.74) is 3.53. The highest BCUT2D eigenvalue weighted by Crippen LogP contribution is 2.26. The summed E-state index contributed by atoms with van der Waals surface area (Å²) >= 11 is 2.03. The van der Waals surface area contributed by atoms with E-state index in [2.05, 4.69) is 20.7 Å². The van der Waals surface area contributed by atoms with Gasteiger partial charge in [-0.3, -0.25) is 0 Å². The number of rotatable bonds is 4. The molecular weight excluding hydrogens is 222 g/mol. The highest BCUT2D eigenvalue weighted by atomic mass is 32.2. The van der Waals surface area contributed by atoms with Crippen LogP contribution in [0.2, 0.25) is 0 Å². The molecule has 2 rings (SSSR count). The largest absolute Gasteiger partial charge is 0.369 e. The van der Waals surface area contributed by atoms with Crippen LogP contribution in [0.1, 0.15) is 18.4 Å². The Bertz CT molecular complexity index is 351. The van der Waals surface area contributed by atoms with E-state index in [4.69, 9.17) is 5.84 Å². The quantitative estimate of drug-likeness (QED) is 0.544. The van der Waals surface area contributed by atoms with Gasteiger partial charge in [-0.05, 0) is 25.5 Å². The molecule has 1 atom stereocenters. The molecule has 1 unspecified atom stereocenters. The van der Waals surface area contributed by atoms with E-state index >= 15 is 0 Å². The number of hydrogen-bond acceptors (Lipinski definition) is 6. The van der Waals surface area contributed by atoms with E-state index in [-0.39, 0.29) is 0 Å². The van der Waals surface area contributed by atoms with Gasteiger partial charge in [0.05, 0.1) is 0 Å². The normalized spacial score (nSPS) is 19.8. The van der Waals surface area contributed by atoms with Gasteiger partial charge >= 0.3 is 0 Å². The van der Waals surface area contributed by atoms with Gasteiger partial charge in [0.15, 0.2) is 0 Å². The summed E-state index contributed by atoms with van der Waals surface area (Å²) in [6.07, 6.45) is 4.14.